The van der Waals surface area contributed by atoms with Crippen molar-refractivity contribution in [1.82, 2.24) is 0 Å². The van der Waals surface area contributed by atoms with Crippen LogP contribution < -0.4 is 0 Å². The van der Waals surface area contributed by atoms with Crippen LogP contribution in [0.5, 0.6) is 0 Å². The first-order chi connectivity index (χ1) is 13.7. The number of unbranched alkanes of at least 4 members (excludes halogenated alkanes) is 19. The highest BCUT2D eigenvalue weighted by Crippen LogP contribution is 2.14. The van der Waals surface area contributed by atoms with Gasteiger partial charge in [-0.05, 0) is 12.2 Å². The number of rotatable bonds is 19. The van der Waals surface area contributed by atoms with Crippen molar-refractivity contribution in [3.63, 3.8) is 0 Å². The zero-order valence-corrected chi connectivity index (χ0v) is 18.9. The van der Waals surface area contributed by atoms with Crippen molar-refractivity contribution >= 4 is 12.2 Å². The molecule has 166 valence electrons. The van der Waals surface area contributed by atoms with Crippen LogP contribution in [0.4, 0.5) is 0 Å². The molecule has 0 N–H and O–H groups in total. The van der Waals surface area contributed by atoms with Crippen molar-refractivity contribution in [3.05, 3.63) is 10.8 Å². The fourth-order valence-electron chi connectivity index (χ4n) is 3.33. The molecule has 0 saturated carbocycles. The van der Waals surface area contributed by atoms with Gasteiger partial charge in [-0.15, -0.1) is 0 Å². The van der Waals surface area contributed by atoms with Crippen LogP contribution in [-0.4, -0.2) is 12.2 Å². The Hall–Kier alpha value is -1.24. The number of nitrogens with zero attached hydrogens (tertiary/aromatic N) is 2. The molecule has 0 rings (SSSR count). The fourth-order valence-corrected chi connectivity index (χ4v) is 3.33. The summed E-state index contributed by atoms with van der Waals surface area (Å²) in [6.07, 6.45) is 30.4. The summed E-state index contributed by atoms with van der Waals surface area (Å²) >= 11 is 0. The van der Waals surface area contributed by atoms with Crippen molar-refractivity contribution in [2.45, 2.75) is 142 Å². The van der Waals surface area contributed by atoms with Crippen LogP contribution in [0.25, 0.3) is 10.8 Å². The Morgan fingerprint density at radius 2 is 0.500 bits per heavy atom. The van der Waals surface area contributed by atoms with Gasteiger partial charge in [-0.1, -0.05) is 142 Å². The lowest BCUT2D eigenvalue weighted by atomic mass is 10.0. The lowest BCUT2D eigenvalue weighted by Gasteiger charge is -2.03. The first-order valence-electron chi connectivity index (χ1n) is 11.8. The Kier molecular flexibility index (Phi) is 41.2. The van der Waals surface area contributed by atoms with E-state index in [1.165, 1.54) is 128 Å². The van der Waals surface area contributed by atoms with Crippen LogP contribution >= 0.6 is 0 Å². The van der Waals surface area contributed by atoms with E-state index in [1.807, 2.05) is 0 Å². The van der Waals surface area contributed by atoms with Gasteiger partial charge in [-0.25, -0.2) is 0 Å². The average Bonchev–Trinajstić information content (AvgIpc) is 2.68. The Morgan fingerprint density at radius 3 is 0.607 bits per heavy atom. The van der Waals surface area contributed by atoms with E-state index in [4.69, 9.17) is 20.4 Å². The van der Waals surface area contributed by atoms with E-state index >= 15 is 0 Å². The monoisotopic (exact) mass is 394 g/mol. The molecule has 4 nitrogen and oxygen atoms in total. The van der Waals surface area contributed by atoms with E-state index in [9.17, 15) is 0 Å². The van der Waals surface area contributed by atoms with E-state index in [0.717, 1.165) is 0 Å². The molecular formula is C24H46N2O2-2. The van der Waals surface area contributed by atoms with Crippen LogP contribution in [0.1, 0.15) is 142 Å². The zero-order valence-electron chi connectivity index (χ0n) is 18.9. The summed E-state index contributed by atoms with van der Waals surface area (Å²) in [5, 5.41) is 13.5. The maximum Gasteiger partial charge on any atom is -0.0159 e. The summed E-state index contributed by atoms with van der Waals surface area (Å²) < 4.78 is 0. The SMILES string of the molecule is CCCCCCCCCCCCCCCCCCCCCC.[N-]=C=O.[N-]=C=O. The third kappa shape index (κ3) is 44.3. The minimum atomic E-state index is 0.500. The van der Waals surface area contributed by atoms with Gasteiger partial charge < -0.3 is 10.8 Å². The second-order valence-corrected chi connectivity index (χ2v) is 7.55. The minimum absolute atomic E-state index is 0.500. The molecule has 0 unspecified atom stereocenters. The van der Waals surface area contributed by atoms with Gasteiger partial charge in [0.15, 0.2) is 0 Å². The highest BCUT2D eigenvalue weighted by Gasteiger charge is 1.94. The van der Waals surface area contributed by atoms with Crippen molar-refractivity contribution in [2.75, 3.05) is 0 Å². The molecule has 0 aliphatic rings. The normalized spacial score (nSPS) is 9.36. The average molecular weight is 395 g/mol. The predicted molar refractivity (Wildman–Crippen MR) is 122 cm³/mol. The predicted octanol–water partition coefficient (Wildman–Crippen LogP) is 8.61. The molecule has 0 atom stereocenters. The second kappa shape index (κ2) is 36.6. The Morgan fingerprint density at radius 1 is 0.393 bits per heavy atom. The minimum Gasteiger partial charge on any atom is -0.724 e. The van der Waals surface area contributed by atoms with Gasteiger partial charge in [0.2, 0.25) is 0 Å². The molecule has 4 heteroatoms. The van der Waals surface area contributed by atoms with Gasteiger partial charge in [-0.3, -0.25) is 9.59 Å². The molecular weight excluding hydrogens is 348 g/mol. The number of hydrogen-bond acceptors (Lipinski definition) is 2. The molecule has 0 aromatic rings. The highest BCUT2D eigenvalue weighted by atomic mass is 16.1. The molecule has 0 saturated heterocycles. The maximum absolute atomic E-state index is 8.24. The summed E-state index contributed by atoms with van der Waals surface area (Å²) in [4.78, 5) is 16.5. The summed E-state index contributed by atoms with van der Waals surface area (Å²) in [5.74, 6) is 0. The molecule has 0 fully saturated rings. The van der Waals surface area contributed by atoms with Crippen LogP contribution in [-0.2, 0) is 9.59 Å². The molecule has 0 bridgehead atoms. The first kappa shape index (κ1) is 31.5. The third-order valence-corrected chi connectivity index (χ3v) is 4.96. The molecule has 28 heavy (non-hydrogen) atoms. The van der Waals surface area contributed by atoms with Crippen molar-refractivity contribution in [2.24, 2.45) is 0 Å². The van der Waals surface area contributed by atoms with Crippen molar-refractivity contribution in [3.8, 4) is 0 Å². The fraction of sp³-hybridized carbons (Fsp3) is 0.917. The summed E-state index contributed by atoms with van der Waals surface area (Å²) in [6, 6.07) is 0. The molecule has 0 aromatic carbocycles. The van der Waals surface area contributed by atoms with Gasteiger partial charge in [-0.2, -0.15) is 0 Å². The highest BCUT2D eigenvalue weighted by molar-refractivity contribution is 5.37. The summed E-state index contributed by atoms with van der Waals surface area (Å²) in [7, 11) is 0. The van der Waals surface area contributed by atoms with Crippen LogP contribution in [0, 0.1) is 0 Å². The largest absolute Gasteiger partial charge is 0.724 e. The smallest absolute Gasteiger partial charge is 0.0159 e. The van der Waals surface area contributed by atoms with E-state index < -0.39 is 0 Å². The van der Waals surface area contributed by atoms with E-state index in [-0.39, 0.29) is 0 Å². The molecule has 0 amide bonds. The molecule has 0 heterocycles. The third-order valence-electron chi connectivity index (χ3n) is 4.96. The van der Waals surface area contributed by atoms with Crippen molar-refractivity contribution in [1.29, 1.82) is 0 Å². The van der Waals surface area contributed by atoms with Gasteiger partial charge in [0, 0.05) is 0 Å². The van der Waals surface area contributed by atoms with Crippen LogP contribution in [0.15, 0.2) is 0 Å². The van der Waals surface area contributed by atoms with Gasteiger partial charge in [0.1, 0.15) is 0 Å². The number of isocyanates is 2. The Labute approximate surface area is 175 Å². The van der Waals surface area contributed by atoms with E-state index in [0.29, 0.717) is 12.2 Å². The van der Waals surface area contributed by atoms with Crippen LogP contribution in [0.2, 0.25) is 0 Å². The molecule has 0 spiro atoms. The number of carbonyl (C=O) groups excluding carboxylic acids is 2. The molecule has 0 radical (unpaired) electrons. The summed E-state index contributed by atoms with van der Waals surface area (Å²) in [6.45, 7) is 4.60. The van der Waals surface area contributed by atoms with Gasteiger partial charge >= 0.3 is 0 Å². The standard InChI is InChI=1S/C22H46.2CNO/c1-3-5-7-9-11-13-15-17-19-21-22-20-18-16-14-12-10-8-6-4-2;2*2-1-3/h3-22H2,1-2H3;;/q;2*-1. The molecule has 0 aliphatic heterocycles. The molecule has 0 aromatic heterocycles. The van der Waals surface area contributed by atoms with E-state index in [2.05, 4.69) is 13.8 Å². The molecule has 0 aliphatic carbocycles. The number of hydrogen-bond donors (Lipinski definition) is 0. The maximum atomic E-state index is 8.24. The summed E-state index contributed by atoms with van der Waals surface area (Å²) in [5.41, 5.74) is 0. The topological polar surface area (TPSA) is 78.7 Å². The second-order valence-electron chi connectivity index (χ2n) is 7.55. The van der Waals surface area contributed by atoms with Crippen LogP contribution in [0.3, 0.4) is 0 Å². The van der Waals surface area contributed by atoms with E-state index in [1.54, 1.807) is 0 Å². The lowest BCUT2D eigenvalue weighted by molar-refractivity contribution is 0.523. The first-order valence-corrected chi connectivity index (χ1v) is 11.8. The van der Waals surface area contributed by atoms with Crippen molar-refractivity contribution < 1.29 is 9.59 Å². The van der Waals surface area contributed by atoms with Gasteiger partial charge in [0.05, 0.1) is 0 Å². The lowest BCUT2D eigenvalue weighted by Crippen LogP contribution is -1.84. The van der Waals surface area contributed by atoms with Gasteiger partial charge in [0.25, 0.3) is 0 Å². The quantitative estimate of drug-likeness (QED) is 0.125. The zero-order chi connectivity index (χ0) is 21.6. The Bertz CT molecular complexity index is 289. The Balaban J connectivity index is -0.000000915.